The van der Waals surface area contributed by atoms with Crippen LogP contribution in [0.2, 0.25) is 0 Å². The lowest BCUT2D eigenvalue weighted by molar-refractivity contribution is 0.600. The molecule has 1 aromatic rings. The van der Waals surface area contributed by atoms with Gasteiger partial charge in [-0.2, -0.15) is 11.8 Å². The third-order valence-electron chi connectivity index (χ3n) is 1.93. The van der Waals surface area contributed by atoms with Crippen LogP contribution in [0.5, 0.6) is 0 Å². The Labute approximate surface area is 79.5 Å². The van der Waals surface area contributed by atoms with Crippen LogP contribution in [0.15, 0.2) is 18.2 Å². The van der Waals surface area contributed by atoms with Crippen molar-refractivity contribution >= 4 is 17.4 Å². The first-order valence-electron chi connectivity index (χ1n) is 4.05. The maximum atomic E-state index is 13.1. The van der Waals surface area contributed by atoms with Gasteiger partial charge in [0, 0.05) is 17.5 Å². The third kappa shape index (κ3) is 1.94. The molecule has 0 bridgehead atoms. The Kier molecular flexibility index (Phi) is 2.40. The van der Waals surface area contributed by atoms with E-state index in [1.807, 2.05) is 0 Å². The number of rotatable bonds is 2. The minimum absolute atomic E-state index is 0.269. The largest absolute Gasteiger partial charge is 0.378 e. The lowest BCUT2D eigenvalue weighted by Crippen LogP contribution is -2.33. The summed E-state index contributed by atoms with van der Waals surface area (Å²) in [5.41, 5.74) is 0.269. The SMILES string of the molecule is Fc1ccc(F)c(NC2CSC2)c1. The number of benzene rings is 1. The lowest BCUT2D eigenvalue weighted by atomic mass is 10.2. The molecular weight excluding hydrogens is 192 g/mol. The van der Waals surface area contributed by atoms with Crippen LogP contribution >= 0.6 is 11.8 Å². The molecule has 0 aliphatic carbocycles. The van der Waals surface area contributed by atoms with E-state index < -0.39 is 11.6 Å². The Bertz CT molecular complexity index is 312. The third-order valence-corrected chi connectivity index (χ3v) is 3.20. The lowest BCUT2D eigenvalue weighted by Gasteiger charge is -2.27. The zero-order valence-electron chi connectivity index (χ0n) is 6.89. The first kappa shape index (κ1) is 8.81. The molecule has 1 saturated heterocycles. The van der Waals surface area contributed by atoms with E-state index in [2.05, 4.69) is 5.32 Å². The summed E-state index contributed by atoms with van der Waals surface area (Å²) in [5, 5.41) is 2.95. The molecule has 0 saturated carbocycles. The van der Waals surface area contributed by atoms with E-state index in [1.165, 1.54) is 6.07 Å². The molecule has 0 unspecified atom stereocenters. The van der Waals surface area contributed by atoms with E-state index in [4.69, 9.17) is 0 Å². The molecule has 0 amide bonds. The van der Waals surface area contributed by atoms with Crippen molar-refractivity contribution in [1.29, 1.82) is 0 Å². The predicted molar refractivity (Wildman–Crippen MR) is 51.1 cm³/mol. The molecule has 1 N–H and O–H groups in total. The van der Waals surface area contributed by atoms with Gasteiger partial charge in [-0.3, -0.25) is 0 Å². The monoisotopic (exact) mass is 201 g/mol. The summed E-state index contributed by atoms with van der Waals surface area (Å²) in [6, 6.07) is 3.75. The average molecular weight is 201 g/mol. The number of hydrogen-bond acceptors (Lipinski definition) is 2. The van der Waals surface area contributed by atoms with Gasteiger partial charge < -0.3 is 5.32 Å². The van der Waals surface area contributed by atoms with E-state index in [9.17, 15) is 8.78 Å². The average Bonchev–Trinajstić information content (AvgIpc) is 2.03. The van der Waals surface area contributed by atoms with Gasteiger partial charge in [0.25, 0.3) is 0 Å². The number of nitrogens with one attached hydrogen (secondary N) is 1. The standard InChI is InChI=1S/C9H9F2NS/c10-6-1-2-8(11)9(3-6)12-7-4-13-5-7/h1-3,7,12H,4-5H2. The van der Waals surface area contributed by atoms with Gasteiger partial charge in [-0.05, 0) is 18.2 Å². The zero-order valence-corrected chi connectivity index (χ0v) is 7.70. The Morgan fingerprint density at radius 2 is 2.08 bits per heavy atom. The fourth-order valence-corrected chi connectivity index (χ4v) is 1.79. The minimum atomic E-state index is -0.407. The first-order chi connectivity index (χ1) is 6.25. The smallest absolute Gasteiger partial charge is 0.146 e. The van der Waals surface area contributed by atoms with Gasteiger partial charge in [-0.1, -0.05) is 0 Å². The summed E-state index contributed by atoms with van der Waals surface area (Å²) in [4.78, 5) is 0. The number of halogens is 2. The summed E-state index contributed by atoms with van der Waals surface area (Å²) in [6.07, 6.45) is 0. The molecule has 2 rings (SSSR count). The Morgan fingerprint density at radius 3 is 2.69 bits per heavy atom. The molecule has 1 aliphatic rings. The zero-order chi connectivity index (χ0) is 9.26. The first-order valence-corrected chi connectivity index (χ1v) is 5.20. The Balaban J connectivity index is 2.13. The van der Waals surface area contributed by atoms with E-state index in [0.29, 0.717) is 6.04 Å². The molecule has 13 heavy (non-hydrogen) atoms. The van der Waals surface area contributed by atoms with Crippen LogP contribution in [0.4, 0.5) is 14.5 Å². The normalized spacial score (nSPS) is 16.8. The van der Waals surface area contributed by atoms with Crippen molar-refractivity contribution in [3.63, 3.8) is 0 Å². The molecule has 0 radical (unpaired) electrons. The van der Waals surface area contributed by atoms with Crippen LogP contribution in [0.25, 0.3) is 0 Å². The molecule has 1 heterocycles. The molecule has 0 atom stereocenters. The molecular formula is C9H9F2NS. The van der Waals surface area contributed by atoms with Gasteiger partial charge in [0.1, 0.15) is 11.6 Å². The highest BCUT2D eigenvalue weighted by Crippen LogP contribution is 2.23. The quantitative estimate of drug-likeness (QED) is 0.789. The van der Waals surface area contributed by atoms with Gasteiger partial charge in [0.2, 0.25) is 0 Å². The molecule has 4 heteroatoms. The van der Waals surface area contributed by atoms with Crippen LogP contribution in [0, 0.1) is 11.6 Å². The minimum Gasteiger partial charge on any atom is -0.378 e. The molecule has 70 valence electrons. The summed E-state index contributed by atoms with van der Waals surface area (Å²) < 4.78 is 25.8. The number of thioether (sulfide) groups is 1. The van der Waals surface area contributed by atoms with E-state index in [0.717, 1.165) is 23.6 Å². The molecule has 1 nitrogen and oxygen atoms in total. The van der Waals surface area contributed by atoms with Crippen molar-refractivity contribution in [2.45, 2.75) is 6.04 Å². The van der Waals surface area contributed by atoms with E-state index >= 15 is 0 Å². The highest BCUT2D eigenvalue weighted by atomic mass is 32.2. The van der Waals surface area contributed by atoms with Crippen molar-refractivity contribution in [2.75, 3.05) is 16.8 Å². The second-order valence-electron chi connectivity index (χ2n) is 3.00. The van der Waals surface area contributed by atoms with Gasteiger partial charge >= 0.3 is 0 Å². The maximum Gasteiger partial charge on any atom is 0.146 e. The van der Waals surface area contributed by atoms with Crippen molar-refractivity contribution in [3.05, 3.63) is 29.8 Å². The second-order valence-corrected chi connectivity index (χ2v) is 4.08. The highest BCUT2D eigenvalue weighted by molar-refractivity contribution is 8.00. The number of hydrogen-bond donors (Lipinski definition) is 1. The van der Waals surface area contributed by atoms with Crippen LogP contribution in [0.1, 0.15) is 0 Å². The summed E-state index contributed by atoms with van der Waals surface area (Å²) in [7, 11) is 0. The fraction of sp³-hybridized carbons (Fsp3) is 0.333. The van der Waals surface area contributed by atoms with Gasteiger partial charge in [-0.15, -0.1) is 0 Å². The predicted octanol–water partition coefficient (Wildman–Crippen LogP) is 2.49. The Morgan fingerprint density at radius 1 is 1.31 bits per heavy atom. The molecule has 0 spiro atoms. The van der Waals surface area contributed by atoms with Crippen molar-refractivity contribution in [3.8, 4) is 0 Å². The van der Waals surface area contributed by atoms with Crippen molar-refractivity contribution < 1.29 is 8.78 Å². The summed E-state index contributed by atoms with van der Waals surface area (Å²) >= 11 is 1.80. The molecule has 1 aromatic carbocycles. The summed E-state index contributed by atoms with van der Waals surface area (Å²) in [6.45, 7) is 0. The van der Waals surface area contributed by atoms with Crippen molar-refractivity contribution in [1.82, 2.24) is 0 Å². The highest BCUT2D eigenvalue weighted by Gasteiger charge is 2.18. The second kappa shape index (κ2) is 3.54. The van der Waals surface area contributed by atoms with Gasteiger partial charge in [0.15, 0.2) is 0 Å². The molecule has 0 aromatic heterocycles. The van der Waals surface area contributed by atoms with Crippen LogP contribution in [-0.2, 0) is 0 Å². The van der Waals surface area contributed by atoms with Gasteiger partial charge in [-0.25, -0.2) is 8.78 Å². The fourth-order valence-electron chi connectivity index (χ4n) is 1.15. The van der Waals surface area contributed by atoms with E-state index in [-0.39, 0.29) is 5.69 Å². The van der Waals surface area contributed by atoms with E-state index in [1.54, 1.807) is 11.8 Å². The van der Waals surface area contributed by atoms with Gasteiger partial charge in [0.05, 0.1) is 5.69 Å². The number of anilines is 1. The summed E-state index contributed by atoms with van der Waals surface area (Å²) in [5.74, 6) is 1.14. The van der Waals surface area contributed by atoms with Crippen LogP contribution < -0.4 is 5.32 Å². The maximum absolute atomic E-state index is 13.1. The van der Waals surface area contributed by atoms with Crippen LogP contribution in [0.3, 0.4) is 0 Å². The Hall–Kier alpha value is -0.770. The molecule has 1 fully saturated rings. The molecule has 1 aliphatic heterocycles. The van der Waals surface area contributed by atoms with Crippen LogP contribution in [-0.4, -0.2) is 17.5 Å². The van der Waals surface area contributed by atoms with Crippen molar-refractivity contribution in [2.24, 2.45) is 0 Å². The topological polar surface area (TPSA) is 12.0 Å².